The average Bonchev–Trinajstić information content (AvgIpc) is 2.61. The van der Waals surface area contributed by atoms with E-state index in [0.717, 1.165) is 23.3 Å². The molecule has 0 radical (unpaired) electrons. The van der Waals surface area contributed by atoms with Crippen LogP contribution in [0.1, 0.15) is 19.8 Å². The fourth-order valence-corrected chi connectivity index (χ4v) is 1.87. The highest BCUT2D eigenvalue weighted by Gasteiger charge is 2.22. The van der Waals surface area contributed by atoms with Crippen LogP contribution in [0.25, 0.3) is 0 Å². The molecular formula is C12H14N2O2. The van der Waals surface area contributed by atoms with Gasteiger partial charge < -0.3 is 10.8 Å². The second-order valence-corrected chi connectivity index (χ2v) is 4.15. The largest absolute Gasteiger partial charge is 0.480 e. The number of hydrogen-bond acceptors (Lipinski definition) is 3. The molecule has 16 heavy (non-hydrogen) atoms. The van der Waals surface area contributed by atoms with E-state index in [0.29, 0.717) is 6.42 Å². The van der Waals surface area contributed by atoms with Gasteiger partial charge in [0, 0.05) is 12.6 Å². The topological polar surface area (TPSA) is 75.7 Å². The van der Waals surface area contributed by atoms with Crippen LogP contribution in [0.2, 0.25) is 0 Å². The van der Waals surface area contributed by atoms with Crippen molar-refractivity contribution in [2.45, 2.75) is 25.8 Å². The highest BCUT2D eigenvalue weighted by atomic mass is 16.4. The third-order valence-electron chi connectivity index (χ3n) is 2.79. The molecule has 0 fully saturated rings. The predicted octanol–water partition coefficient (Wildman–Crippen LogP) is 1.40. The number of hydrogen-bond donors (Lipinski definition) is 2. The van der Waals surface area contributed by atoms with Gasteiger partial charge >= 0.3 is 5.97 Å². The summed E-state index contributed by atoms with van der Waals surface area (Å²) in [6.07, 6.45) is 6.92. The van der Waals surface area contributed by atoms with Gasteiger partial charge in [0.1, 0.15) is 6.04 Å². The van der Waals surface area contributed by atoms with E-state index in [4.69, 9.17) is 10.8 Å². The summed E-state index contributed by atoms with van der Waals surface area (Å²) in [4.78, 5) is 14.9. The number of nitrogens with two attached hydrogens (primary N) is 1. The van der Waals surface area contributed by atoms with Crippen LogP contribution in [0.4, 0.5) is 0 Å². The van der Waals surface area contributed by atoms with E-state index < -0.39 is 12.0 Å². The van der Waals surface area contributed by atoms with Gasteiger partial charge in [-0.3, -0.25) is 9.79 Å². The van der Waals surface area contributed by atoms with Gasteiger partial charge in [0.15, 0.2) is 0 Å². The molecule has 0 amide bonds. The van der Waals surface area contributed by atoms with E-state index in [1.54, 1.807) is 6.21 Å². The van der Waals surface area contributed by atoms with E-state index in [-0.39, 0.29) is 0 Å². The lowest BCUT2D eigenvalue weighted by atomic mass is 9.93. The molecule has 0 saturated carbocycles. The summed E-state index contributed by atoms with van der Waals surface area (Å²) in [5.74, 6) is -0.970. The molecule has 2 aliphatic rings. The van der Waals surface area contributed by atoms with Crippen molar-refractivity contribution in [2.75, 3.05) is 0 Å². The van der Waals surface area contributed by atoms with Crippen LogP contribution >= 0.6 is 0 Å². The monoisotopic (exact) mass is 218 g/mol. The molecule has 1 aliphatic carbocycles. The maximum absolute atomic E-state index is 10.7. The molecule has 0 aromatic heterocycles. The Kier molecular flexibility index (Phi) is 2.75. The molecule has 0 bridgehead atoms. The fourth-order valence-electron chi connectivity index (χ4n) is 1.87. The Hall–Kier alpha value is -1.68. The highest BCUT2D eigenvalue weighted by molar-refractivity contribution is 5.88. The smallest absolute Gasteiger partial charge is 0.320 e. The molecule has 0 aromatic carbocycles. The number of fused-ring (bicyclic) bond motifs is 1. The van der Waals surface area contributed by atoms with Gasteiger partial charge in [-0.15, -0.1) is 0 Å². The number of nitrogens with zero attached hydrogens (tertiary/aromatic N) is 1. The lowest BCUT2D eigenvalue weighted by molar-refractivity contribution is -0.138. The molecule has 4 nitrogen and oxygen atoms in total. The zero-order chi connectivity index (χ0) is 11.7. The summed E-state index contributed by atoms with van der Waals surface area (Å²) in [6, 6.07) is -0.848. The van der Waals surface area contributed by atoms with Crippen molar-refractivity contribution in [1.82, 2.24) is 0 Å². The summed E-state index contributed by atoms with van der Waals surface area (Å²) in [5, 5.41) is 8.77. The minimum atomic E-state index is -0.970. The first-order chi connectivity index (χ1) is 7.58. The number of carboxylic acid groups (broad SMARTS) is 1. The molecule has 0 aromatic rings. The van der Waals surface area contributed by atoms with Crippen LogP contribution in [0.15, 0.2) is 39.6 Å². The molecular weight excluding hydrogens is 204 g/mol. The first-order valence-corrected chi connectivity index (χ1v) is 5.20. The molecule has 1 heterocycles. The van der Waals surface area contributed by atoms with Crippen molar-refractivity contribution < 1.29 is 9.90 Å². The van der Waals surface area contributed by atoms with Gasteiger partial charge in [-0.2, -0.15) is 0 Å². The molecule has 1 aliphatic heterocycles. The van der Waals surface area contributed by atoms with Gasteiger partial charge in [0.2, 0.25) is 0 Å². The van der Waals surface area contributed by atoms with Crippen LogP contribution in [-0.2, 0) is 4.79 Å². The second-order valence-electron chi connectivity index (χ2n) is 4.15. The minimum Gasteiger partial charge on any atom is -0.480 e. The lowest BCUT2D eigenvalue weighted by Crippen LogP contribution is -2.30. The van der Waals surface area contributed by atoms with E-state index in [2.05, 4.69) is 4.99 Å². The van der Waals surface area contributed by atoms with Gasteiger partial charge in [0.05, 0.1) is 5.70 Å². The predicted molar refractivity (Wildman–Crippen MR) is 62.2 cm³/mol. The normalized spacial score (nSPS) is 20.4. The SMILES string of the molecule is CC1=CC=C2N=CC(CC(N)C(=O)O)=C2C1. The number of carbonyl (C=O) groups is 1. The third-order valence-corrected chi connectivity index (χ3v) is 2.79. The first-order valence-electron chi connectivity index (χ1n) is 5.20. The zero-order valence-electron chi connectivity index (χ0n) is 9.10. The standard InChI is InChI=1S/C12H14N2O2/c1-7-2-3-11-9(4-7)8(6-14-11)5-10(13)12(15)16/h2-3,6,10H,4-5,13H2,1H3,(H,15,16). The van der Waals surface area contributed by atoms with Crippen LogP contribution in [0.5, 0.6) is 0 Å². The molecule has 4 heteroatoms. The zero-order valence-corrected chi connectivity index (χ0v) is 9.10. The van der Waals surface area contributed by atoms with Crippen molar-refractivity contribution in [2.24, 2.45) is 10.7 Å². The highest BCUT2D eigenvalue weighted by Crippen LogP contribution is 2.32. The number of rotatable bonds is 3. The molecule has 84 valence electrons. The third kappa shape index (κ3) is 1.97. The number of allylic oxidation sites excluding steroid dienone is 4. The number of aliphatic carboxylic acids is 1. The van der Waals surface area contributed by atoms with E-state index >= 15 is 0 Å². The van der Waals surface area contributed by atoms with Crippen LogP contribution in [0, 0.1) is 0 Å². The van der Waals surface area contributed by atoms with Crippen LogP contribution in [-0.4, -0.2) is 23.3 Å². The van der Waals surface area contributed by atoms with Gasteiger partial charge in [-0.05, 0) is 30.6 Å². The van der Waals surface area contributed by atoms with Crippen LogP contribution < -0.4 is 5.73 Å². The van der Waals surface area contributed by atoms with Crippen molar-refractivity contribution >= 4 is 12.2 Å². The summed E-state index contributed by atoms with van der Waals surface area (Å²) < 4.78 is 0. The molecule has 1 unspecified atom stereocenters. The summed E-state index contributed by atoms with van der Waals surface area (Å²) in [5.41, 5.74) is 9.80. The number of carboxylic acids is 1. The maximum Gasteiger partial charge on any atom is 0.320 e. The molecule has 0 saturated heterocycles. The Morgan fingerprint density at radius 1 is 1.62 bits per heavy atom. The molecule has 1 atom stereocenters. The van der Waals surface area contributed by atoms with E-state index in [9.17, 15) is 4.79 Å². The quantitative estimate of drug-likeness (QED) is 0.751. The van der Waals surface area contributed by atoms with Crippen LogP contribution in [0.3, 0.4) is 0 Å². The summed E-state index contributed by atoms with van der Waals surface area (Å²) >= 11 is 0. The first kappa shape index (κ1) is 10.8. The Bertz CT molecular complexity index is 456. The summed E-state index contributed by atoms with van der Waals surface area (Å²) in [6.45, 7) is 2.05. The van der Waals surface area contributed by atoms with Crippen molar-refractivity contribution in [3.63, 3.8) is 0 Å². The fraction of sp³-hybridized carbons (Fsp3) is 0.333. The van der Waals surface area contributed by atoms with Gasteiger partial charge in [0.25, 0.3) is 0 Å². The second kappa shape index (κ2) is 4.06. The summed E-state index contributed by atoms with van der Waals surface area (Å²) in [7, 11) is 0. The van der Waals surface area contributed by atoms with E-state index in [1.807, 2.05) is 19.1 Å². The maximum atomic E-state index is 10.7. The lowest BCUT2D eigenvalue weighted by Gasteiger charge is -2.13. The van der Waals surface area contributed by atoms with E-state index in [1.165, 1.54) is 5.57 Å². The van der Waals surface area contributed by atoms with Crippen molar-refractivity contribution in [1.29, 1.82) is 0 Å². The van der Waals surface area contributed by atoms with Crippen molar-refractivity contribution in [3.05, 3.63) is 34.6 Å². The van der Waals surface area contributed by atoms with Gasteiger partial charge in [-0.25, -0.2) is 0 Å². The molecule has 0 spiro atoms. The minimum absolute atomic E-state index is 0.346. The number of aliphatic imine (C=N–C) groups is 1. The Labute approximate surface area is 93.9 Å². The Morgan fingerprint density at radius 3 is 3.06 bits per heavy atom. The Morgan fingerprint density at radius 2 is 2.38 bits per heavy atom. The van der Waals surface area contributed by atoms with Crippen molar-refractivity contribution in [3.8, 4) is 0 Å². The van der Waals surface area contributed by atoms with Gasteiger partial charge in [-0.1, -0.05) is 11.6 Å². The average molecular weight is 218 g/mol. The Balaban J connectivity index is 2.21. The molecule has 2 rings (SSSR count). The molecule has 3 N–H and O–H groups in total.